The Hall–Kier alpha value is -2.16. The monoisotopic (exact) mass is 388 g/mol. The van der Waals surface area contributed by atoms with Crippen LogP contribution in [0, 0.1) is 0 Å². The lowest BCUT2D eigenvalue weighted by atomic mass is 10.0. The minimum Gasteiger partial charge on any atom is -0.134 e. The summed E-state index contributed by atoms with van der Waals surface area (Å²) in [6, 6.07) is 28.4. The Morgan fingerprint density at radius 3 is 2.21 bits per heavy atom. The smallest absolute Gasteiger partial charge is 0.0434 e. The van der Waals surface area contributed by atoms with Crippen LogP contribution in [0.25, 0.3) is 42.1 Å². The average molecular weight is 389 g/mol. The molecule has 0 unspecified atom stereocenters. The van der Waals surface area contributed by atoms with E-state index in [-0.39, 0.29) is 0 Å². The average Bonchev–Trinajstić information content (AvgIpc) is 3.02. The molecule has 0 saturated carbocycles. The Morgan fingerprint density at radius 2 is 1.33 bits per heavy atom. The first kappa shape index (κ1) is 14.2. The number of hydrogen-bond acceptors (Lipinski definition) is 1. The Kier molecular flexibility index (Phi) is 3.22. The molecule has 0 aliphatic carbocycles. The molecule has 24 heavy (non-hydrogen) atoms. The van der Waals surface area contributed by atoms with Crippen molar-refractivity contribution in [2.45, 2.75) is 0 Å². The Labute approximate surface area is 152 Å². The number of fused-ring (bicyclic) bond motifs is 5. The van der Waals surface area contributed by atoms with Gasteiger partial charge in [0, 0.05) is 24.6 Å². The molecule has 0 atom stereocenters. The van der Waals surface area contributed by atoms with Gasteiger partial charge in [0.15, 0.2) is 0 Å². The Balaban J connectivity index is 1.90. The largest absolute Gasteiger partial charge is 0.134 e. The van der Waals surface area contributed by atoms with Crippen LogP contribution in [-0.2, 0) is 0 Å². The van der Waals surface area contributed by atoms with Crippen molar-refractivity contribution in [3.8, 4) is 11.1 Å². The highest BCUT2D eigenvalue weighted by Gasteiger charge is 2.12. The fourth-order valence-corrected chi connectivity index (χ4v) is 5.02. The third kappa shape index (κ3) is 2.10. The van der Waals surface area contributed by atoms with Crippen molar-refractivity contribution in [3.05, 3.63) is 83.3 Å². The highest BCUT2D eigenvalue weighted by Crippen LogP contribution is 2.42. The molecule has 1 aromatic heterocycles. The van der Waals surface area contributed by atoms with Crippen molar-refractivity contribution in [2.75, 3.05) is 0 Å². The predicted molar refractivity (Wildman–Crippen MR) is 110 cm³/mol. The number of halogens is 1. The Bertz CT molecular complexity index is 1200. The molecule has 0 saturated heterocycles. The topological polar surface area (TPSA) is 0 Å². The minimum absolute atomic E-state index is 1.11. The third-order valence-electron chi connectivity index (χ3n) is 4.54. The van der Waals surface area contributed by atoms with E-state index in [0.29, 0.717) is 0 Å². The number of rotatable bonds is 1. The second-order valence-corrected chi connectivity index (χ2v) is 7.89. The molecule has 114 valence electrons. The molecule has 0 N–H and O–H groups in total. The van der Waals surface area contributed by atoms with Gasteiger partial charge in [0.2, 0.25) is 0 Å². The van der Waals surface area contributed by atoms with E-state index in [2.05, 4.69) is 94.8 Å². The molecule has 0 radical (unpaired) electrons. The number of hydrogen-bond donors (Lipinski definition) is 0. The number of benzene rings is 4. The van der Waals surface area contributed by atoms with Crippen LogP contribution in [-0.4, -0.2) is 0 Å². The summed E-state index contributed by atoms with van der Waals surface area (Å²) >= 11 is 5.43. The van der Waals surface area contributed by atoms with Gasteiger partial charge in [-0.3, -0.25) is 0 Å². The van der Waals surface area contributed by atoms with Crippen LogP contribution in [0.1, 0.15) is 0 Å². The van der Waals surface area contributed by atoms with Crippen LogP contribution in [0.3, 0.4) is 0 Å². The van der Waals surface area contributed by atoms with E-state index < -0.39 is 0 Å². The maximum atomic E-state index is 3.53. The van der Waals surface area contributed by atoms with Crippen molar-refractivity contribution < 1.29 is 0 Å². The molecule has 1 heterocycles. The van der Waals surface area contributed by atoms with Crippen molar-refractivity contribution in [2.24, 2.45) is 0 Å². The highest BCUT2D eigenvalue weighted by molar-refractivity contribution is 9.10. The quantitative estimate of drug-likeness (QED) is 0.276. The summed E-state index contributed by atoms with van der Waals surface area (Å²) in [6.07, 6.45) is 0. The fraction of sp³-hybridized carbons (Fsp3) is 0. The lowest BCUT2D eigenvalue weighted by Crippen LogP contribution is -1.77. The van der Waals surface area contributed by atoms with Gasteiger partial charge in [-0.05, 0) is 34.0 Å². The van der Waals surface area contributed by atoms with Crippen molar-refractivity contribution in [1.82, 2.24) is 0 Å². The van der Waals surface area contributed by atoms with Crippen LogP contribution in [0.5, 0.6) is 0 Å². The highest BCUT2D eigenvalue weighted by atomic mass is 79.9. The molecule has 5 rings (SSSR count). The molecule has 0 aliphatic rings. The van der Waals surface area contributed by atoms with E-state index in [1.165, 1.54) is 42.1 Å². The van der Waals surface area contributed by atoms with Gasteiger partial charge in [0.25, 0.3) is 0 Å². The van der Waals surface area contributed by atoms with Gasteiger partial charge in [-0.1, -0.05) is 82.7 Å². The van der Waals surface area contributed by atoms with Crippen molar-refractivity contribution >= 4 is 58.2 Å². The molecule has 2 heteroatoms. The summed E-state index contributed by atoms with van der Waals surface area (Å²) in [5.74, 6) is 0. The lowest BCUT2D eigenvalue weighted by molar-refractivity contribution is 1.63. The van der Waals surface area contributed by atoms with Gasteiger partial charge in [-0.15, -0.1) is 11.3 Å². The molecule has 0 aliphatic heterocycles. The zero-order valence-corrected chi connectivity index (χ0v) is 15.2. The molecular weight excluding hydrogens is 376 g/mol. The second kappa shape index (κ2) is 5.44. The first-order valence-electron chi connectivity index (χ1n) is 7.90. The molecule has 0 bridgehead atoms. The zero-order valence-electron chi connectivity index (χ0n) is 12.8. The summed E-state index contributed by atoms with van der Waals surface area (Å²) in [7, 11) is 0. The normalized spacial score (nSPS) is 11.5. The van der Waals surface area contributed by atoms with Gasteiger partial charge >= 0.3 is 0 Å². The summed E-state index contributed by atoms with van der Waals surface area (Å²) in [5, 5.41) is 5.36. The molecule has 0 fully saturated rings. The van der Waals surface area contributed by atoms with E-state index in [0.717, 1.165) is 4.47 Å². The zero-order chi connectivity index (χ0) is 16.1. The van der Waals surface area contributed by atoms with E-state index in [9.17, 15) is 0 Å². The van der Waals surface area contributed by atoms with Gasteiger partial charge in [-0.2, -0.15) is 0 Å². The summed E-state index contributed by atoms with van der Waals surface area (Å²) in [4.78, 5) is 0. The van der Waals surface area contributed by atoms with Crippen LogP contribution in [0.4, 0.5) is 0 Å². The molecule has 0 spiro atoms. The maximum Gasteiger partial charge on any atom is 0.0434 e. The van der Waals surface area contributed by atoms with Crippen molar-refractivity contribution in [3.63, 3.8) is 0 Å². The molecule has 0 nitrogen and oxygen atoms in total. The molecule has 5 aromatic rings. The van der Waals surface area contributed by atoms with E-state index >= 15 is 0 Å². The van der Waals surface area contributed by atoms with Gasteiger partial charge < -0.3 is 0 Å². The van der Waals surface area contributed by atoms with Gasteiger partial charge in [0.05, 0.1) is 0 Å². The van der Waals surface area contributed by atoms with Crippen LogP contribution in [0.15, 0.2) is 83.3 Å². The fourth-order valence-electron chi connectivity index (χ4n) is 3.38. The number of thiophene rings is 1. The van der Waals surface area contributed by atoms with E-state index in [1.807, 2.05) is 11.3 Å². The van der Waals surface area contributed by atoms with Gasteiger partial charge in [-0.25, -0.2) is 0 Å². The summed E-state index contributed by atoms with van der Waals surface area (Å²) in [5.41, 5.74) is 2.57. The third-order valence-corrected chi connectivity index (χ3v) is 6.36. The standard InChI is InChI=1S/C22H13BrS/c23-16-11-8-15(9-12-16)18-6-3-7-19-20-13-10-14-4-1-2-5-17(14)22(20)24-21(18)19/h1-13H. The maximum absolute atomic E-state index is 3.53. The molecule has 4 aromatic carbocycles. The first-order chi connectivity index (χ1) is 11.8. The lowest BCUT2D eigenvalue weighted by Gasteiger charge is -2.03. The van der Waals surface area contributed by atoms with Crippen molar-refractivity contribution in [1.29, 1.82) is 0 Å². The van der Waals surface area contributed by atoms with Crippen LogP contribution < -0.4 is 0 Å². The second-order valence-electron chi connectivity index (χ2n) is 5.95. The molecular formula is C22H13BrS. The summed E-state index contributed by atoms with van der Waals surface area (Å²) < 4.78 is 3.86. The molecule has 0 amide bonds. The van der Waals surface area contributed by atoms with E-state index in [1.54, 1.807) is 0 Å². The van der Waals surface area contributed by atoms with Crippen LogP contribution >= 0.6 is 27.3 Å². The van der Waals surface area contributed by atoms with E-state index in [4.69, 9.17) is 0 Å². The first-order valence-corrected chi connectivity index (χ1v) is 9.51. The predicted octanol–water partition coefficient (Wildman–Crippen LogP) is 7.64. The summed E-state index contributed by atoms with van der Waals surface area (Å²) in [6.45, 7) is 0. The SMILES string of the molecule is Brc1ccc(-c2cccc3c2sc2c4ccccc4ccc32)cc1. The van der Waals surface area contributed by atoms with Crippen LogP contribution in [0.2, 0.25) is 0 Å². The van der Waals surface area contributed by atoms with Gasteiger partial charge in [0.1, 0.15) is 0 Å². The minimum atomic E-state index is 1.11. The Morgan fingerprint density at radius 1 is 0.583 bits per heavy atom.